The average molecular weight is 313 g/mol. The van der Waals surface area contributed by atoms with E-state index in [9.17, 15) is 9.90 Å². The summed E-state index contributed by atoms with van der Waals surface area (Å²) >= 11 is 3.39. The average Bonchev–Trinajstić information content (AvgIpc) is 2.22. The summed E-state index contributed by atoms with van der Waals surface area (Å²) in [5, 5.41) is 9.33. The molecule has 0 fully saturated rings. The second-order valence-corrected chi connectivity index (χ2v) is 6.81. The van der Waals surface area contributed by atoms with Gasteiger partial charge in [-0.3, -0.25) is 4.79 Å². The molecule has 0 aliphatic carbocycles. The molecule has 1 aromatic rings. The summed E-state index contributed by atoms with van der Waals surface area (Å²) in [6, 6.07) is 7.59. The number of carboxylic acid groups (broad SMARTS) is 1. The number of carbonyl (C=O) groups is 1. The van der Waals surface area contributed by atoms with Crippen molar-refractivity contribution in [2.75, 3.05) is 0 Å². The minimum absolute atomic E-state index is 0.264. The lowest BCUT2D eigenvalue weighted by atomic mass is 9.86. The minimum atomic E-state index is -0.734. The summed E-state index contributed by atoms with van der Waals surface area (Å²) in [6.45, 7) is 6.55. The third kappa shape index (κ3) is 5.21. The molecular weight excluding hydrogens is 292 g/mol. The van der Waals surface area contributed by atoms with Crippen LogP contribution in [0, 0.1) is 5.41 Å². The highest BCUT2D eigenvalue weighted by molar-refractivity contribution is 9.10. The smallest absolute Gasteiger partial charge is 0.310 e. The molecule has 18 heavy (non-hydrogen) atoms. The van der Waals surface area contributed by atoms with Crippen molar-refractivity contribution in [1.29, 1.82) is 0 Å². The van der Waals surface area contributed by atoms with Gasteiger partial charge in [0.25, 0.3) is 0 Å². The van der Waals surface area contributed by atoms with Crippen molar-refractivity contribution in [3.05, 3.63) is 34.3 Å². The van der Waals surface area contributed by atoms with Crippen LogP contribution in [0.2, 0.25) is 0 Å². The highest BCUT2D eigenvalue weighted by Gasteiger charge is 2.20. The molecule has 0 radical (unpaired) electrons. The Morgan fingerprint density at radius 1 is 1.39 bits per heavy atom. The fourth-order valence-electron chi connectivity index (χ4n) is 1.99. The molecule has 0 bridgehead atoms. The van der Waals surface area contributed by atoms with Crippen LogP contribution in [-0.2, 0) is 4.79 Å². The van der Waals surface area contributed by atoms with Gasteiger partial charge in [-0.15, -0.1) is 0 Å². The molecule has 1 atom stereocenters. The molecule has 0 saturated heterocycles. The quantitative estimate of drug-likeness (QED) is 0.845. The van der Waals surface area contributed by atoms with Crippen LogP contribution in [0.25, 0.3) is 0 Å². The molecule has 0 amide bonds. The highest BCUT2D eigenvalue weighted by atomic mass is 79.9. The Hall–Kier alpha value is -0.830. The van der Waals surface area contributed by atoms with Gasteiger partial charge in [0, 0.05) is 4.47 Å². The lowest BCUT2D eigenvalue weighted by molar-refractivity contribution is -0.139. The van der Waals surface area contributed by atoms with Gasteiger partial charge in [-0.1, -0.05) is 55.3 Å². The molecule has 100 valence electrons. The zero-order valence-electron chi connectivity index (χ0n) is 11.2. The van der Waals surface area contributed by atoms with E-state index in [0.717, 1.165) is 22.9 Å². The molecule has 0 aliphatic heterocycles. The molecule has 0 saturated carbocycles. The van der Waals surface area contributed by atoms with Crippen molar-refractivity contribution in [3.8, 4) is 0 Å². The molecule has 1 N–H and O–H groups in total. The number of carboxylic acids is 1. The van der Waals surface area contributed by atoms with Gasteiger partial charge in [0.1, 0.15) is 0 Å². The lowest BCUT2D eigenvalue weighted by Gasteiger charge is -2.19. The summed E-state index contributed by atoms with van der Waals surface area (Å²) in [7, 11) is 0. The predicted octanol–water partition coefficient (Wildman–Crippen LogP) is 4.83. The Balaban J connectivity index is 2.69. The van der Waals surface area contributed by atoms with Crippen LogP contribution in [-0.4, -0.2) is 11.1 Å². The maximum Gasteiger partial charge on any atom is 0.310 e. The molecule has 2 nitrogen and oxygen atoms in total. The van der Waals surface area contributed by atoms with Crippen molar-refractivity contribution in [2.45, 2.75) is 46.0 Å². The summed E-state index contributed by atoms with van der Waals surface area (Å²) < 4.78 is 0.932. The van der Waals surface area contributed by atoms with Gasteiger partial charge in [-0.25, -0.2) is 0 Å². The Labute approximate surface area is 118 Å². The van der Waals surface area contributed by atoms with E-state index < -0.39 is 11.9 Å². The predicted molar refractivity (Wildman–Crippen MR) is 77.8 cm³/mol. The van der Waals surface area contributed by atoms with Crippen molar-refractivity contribution in [1.82, 2.24) is 0 Å². The monoisotopic (exact) mass is 312 g/mol. The minimum Gasteiger partial charge on any atom is -0.481 e. The summed E-state index contributed by atoms with van der Waals surface area (Å²) in [5.41, 5.74) is 1.14. The van der Waals surface area contributed by atoms with E-state index in [-0.39, 0.29) is 5.41 Å². The molecule has 0 heterocycles. The molecular formula is C15H21BrO2. The number of aliphatic carboxylic acids is 1. The second kappa shape index (κ2) is 6.37. The fourth-order valence-corrected chi connectivity index (χ4v) is 2.41. The number of benzene rings is 1. The van der Waals surface area contributed by atoms with Gasteiger partial charge in [0.15, 0.2) is 0 Å². The first-order valence-electron chi connectivity index (χ1n) is 6.28. The normalized spacial score (nSPS) is 13.3. The van der Waals surface area contributed by atoms with Gasteiger partial charge >= 0.3 is 5.97 Å². The summed E-state index contributed by atoms with van der Waals surface area (Å²) in [6.07, 6.45) is 2.68. The Kier molecular flexibility index (Phi) is 5.39. The maximum absolute atomic E-state index is 11.4. The van der Waals surface area contributed by atoms with E-state index in [1.807, 2.05) is 24.3 Å². The first-order chi connectivity index (χ1) is 8.29. The van der Waals surface area contributed by atoms with Gasteiger partial charge in [0.05, 0.1) is 5.92 Å². The summed E-state index contributed by atoms with van der Waals surface area (Å²) in [4.78, 5) is 11.4. The molecule has 3 heteroatoms. The van der Waals surface area contributed by atoms with E-state index in [2.05, 4.69) is 36.7 Å². The zero-order valence-corrected chi connectivity index (χ0v) is 12.8. The second-order valence-electron chi connectivity index (χ2n) is 5.90. The van der Waals surface area contributed by atoms with Crippen molar-refractivity contribution >= 4 is 21.9 Å². The highest BCUT2D eigenvalue weighted by Crippen LogP contribution is 2.28. The first-order valence-corrected chi connectivity index (χ1v) is 7.07. The van der Waals surface area contributed by atoms with Gasteiger partial charge in [-0.05, 0) is 36.0 Å². The van der Waals surface area contributed by atoms with E-state index in [1.54, 1.807) is 0 Å². The molecule has 1 unspecified atom stereocenters. The van der Waals surface area contributed by atoms with Crippen LogP contribution in [0.4, 0.5) is 0 Å². The number of halogens is 1. The van der Waals surface area contributed by atoms with Gasteiger partial charge in [0.2, 0.25) is 0 Å². The topological polar surface area (TPSA) is 37.3 Å². The fraction of sp³-hybridized carbons (Fsp3) is 0.533. The Morgan fingerprint density at radius 3 is 2.56 bits per heavy atom. The zero-order chi connectivity index (χ0) is 13.8. The number of rotatable bonds is 5. The van der Waals surface area contributed by atoms with Crippen molar-refractivity contribution < 1.29 is 9.90 Å². The van der Waals surface area contributed by atoms with Gasteiger partial charge in [-0.2, -0.15) is 0 Å². The lowest BCUT2D eigenvalue weighted by Crippen LogP contribution is -2.13. The third-order valence-electron chi connectivity index (χ3n) is 2.97. The van der Waals surface area contributed by atoms with E-state index in [0.29, 0.717) is 6.42 Å². The number of hydrogen-bond acceptors (Lipinski definition) is 1. The van der Waals surface area contributed by atoms with Crippen molar-refractivity contribution in [3.63, 3.8) is 0 Å². The van der Waals surface area contributed by atoms with Crippen LogP contribution in [0.3, 0.4) is 0 Å². The summed E-state index contributed by atoms with van der Waals surface area (Å²) in [5.74, 6) is -1.13. The van der Waals surface area contributed by atoms with E-state index in [4.69, 9.17) is 0 Å². The SMILES string of the molecule is CC(C)(C)CCCC(C(=O)O)c1cccc(Br)c1. The Morgan fingerprint density at radius 2 is 2.06 bits per heavy atom. The van der Waals surface area contributed by atoms with Crippen LogP contribution in [0.1, 0.15) is 51.5 Å². The standard InChI is InChI=1S/C15H21BrO2/c1-15(2,3)9-5-8-13(14(17)18)11-6-4-7-12(16)10-11/h4,6-7,10,13H,5,8-9H2,1-3H3,(H,17,18). The van der Waals surface area contributed by atoms with Crippen LogP contribution < -0.4 is 0 Å². The molecule has 1 rings (SSSR count). The van der Waals surface area contributed by atoms with Crippen LogP contribution in [0.15, 0.2) is 28.7 Å². The Bertz CT molecular complexity index is 407. The largest absolute Gasteiger partial charge is 0.481 e. The molecule has 0 aromatic heterocycles. The van der Waals surface area contributed by atoms with E-state index in [1.165, 1.54) is 0 Å². The van der Waals surface area contributed by atoms with Crippen LogP contribution in [0.5, 0.6) is 0 Å². The molecule has 0 spiro atoms. The van der Waals surface area contributed by atoms with Crippen LogP contribution >= 0.6 is 15.9 Å². The van der Waals surface area contributed by atoms with Crippen molar-refractivity contribution in [2.24, 2.45) is 5.41 Å². The third-order valence-corrected chi connectivity index (χ3v) is 3.46. The first kappa shape index (κ1) is 15.2. The number of hydrogen-bond donors (Lipinski definition) is 1. The van der Waals surface area contributed by atoms with Gasteiger partial charge < -0.3 is 5.11 Å². The molecule has 0 aliphatic rings. The van der Waals surface area contributed by atoms with E-state index >= 15 is 0 Å². The maximum atomic E-state index is 11.4. The molecule has 1 aromatic carbocycles.